The van der Waals surface area contributed by atoms with Crippen LogP contribution >= 0.6 is 27.5 Å². The molecule has 100 valence electrons. The van der Waals surface area contributed by atoms with E-state index in [1.165, 1.54) is 19.3 Å². The van der Waals surface area contributed by atoms with Gasteiger partial charge in [-0.2, -0.15) is 0 Å². The molecule has 1 aliphatic carbocycles. The van der Waals surface area contributed by atoms with Gasteiger partial charge in [-0.3, -0.25) is 0 Å². The zero-order valence-corrected chi connectivity index (χ0v) is 13.6. The number of aryl methyl sites for hydroxylation is 1. The molecule has 1 nitrogen and oxygen atoms in total. The molecule has 0 heterocycles. The first-order chi connectivity index (χ1) is 8.47. The Morgan fingerprint density at radius 3 is 2.67 bits per heavy atom. The Balaban J connectivity index is 2.12. The van der Waals surface area contributed by atoms with E-state index in [1.54, 1.807) is 0 Å². The Kier molecular flexibility index (Phi) is 4.60. The van der Waals surface area contributed by atoms with Crippen molar-refractivity contribution in [2.45, 2.75) is 46.1 Å². The van der Waals surface area contributed by atoms with E-state index in [-0.39, 0.29) is 0 Å². The van der Waals surface area contributed by atoms with Crippen LogP contribution in [0.15, 0.2) is 16.6 Å². The minimum Gasteiger partial charge on any atom is -0.381 e. The van der Waals surface area contributed by atoms with Gasteiger partial charge in [0.05, 0.1) is 5.69 Å². The fraction of sp³-hybridized carbons (Fsp3) is 0.600. The molecule has 0 amide bonds. The summed E-state index contributed by atoms with van der Waals surface area (Å²) in [6.07, 6.45) is 3.88. The normalized spacial score (nSPS) is 28.2. The van der Waals surface area contributed by atoms with Crippen molar-refractivity contribution < 1.29 is 0 Å². The van der Waals surface area contributed by atoms with Crippen LogP contribution in [-0.4, -0.2) is 6.04 Å². The van der Waals surface area contributed by atoms with Gasteiger partial charge in [0, 0.05) is 15.5 Å². The lowest BCUT2D eigenvalue weighted by Gasteiger charge is -2.34. The highest BCUT2D eigenvalue weighted by Crippen LogP contribution is 2.34. The lowest BCUT2D eigenvalue weighted by molar-refractivity contribution is 0.276. The third-order valence-electron chi connectivity index (χ3n) is 4.02. The highest BCUT2D eigenvalue weighted by molar-refractivity contribution is 9.10. The predicted octanol–water partition coefficient (Wildman–Crippen LogP) is 5.65. The number of rotatable bonds is 2. The second-order valence-electron chi connectivity index (χ2n) is 5.73. The molecule has 1 aromatic carbocycles. The molecule has 3 atom stereocenters. The van der Waals surface area contributed by atoms with Gasteiger partial charge in [-0.1, -0.05) is 25.4 Å². The van der Waals surface area contributed by atoms with Crippen molar-refractivity contribution in [3.8, 4) is 0 Å². The standard InChI is InChI=1S/C15H21BrClN/c1-9-4-5-14(11(3)6-9)18-15-8-13(17)10(2)7-12(15)16/h7-9,11,14,18H,4-6H2,1-3H3. The van der Waals surface area contributed by atoms with Crippen molar-refractivity contribution >= 4 is 33.2 Å². The van der Waals surface area contributed by atoms with Gasteiger partial charge in [-0.25, -0.2) is 0 Å². The van der Waals surface area contributed by atoms with Gasteiger partial charge >= 0.3 is 0 Å². The summed E-state index contributed by atoms with van der Waals surface area (Å²) < 4.78 is 1.11. The summed E-state index contributed by atoms with van der Waals surface area (Å²) in [4.78, 5) is 0. The Bertz CT molecular complexity index is 433. The largest absolute Gasteiger partial charge is 0.381 e. The maximum absolute atomic E-state index is 6.20. The Morgan fingerprint density at radius 2 is 2.00 bits per heavy atom. The Hall–Kier alpha value is -0.210. The van der Waals surface area contributed by atoms with Gasteiger partial charge < -0.3 is 5.32 Å². The summed E-state index contributed by atoms with van der Waals surface area (Å²) in [5.41, 5.74) is 2.23. The lowest BCUT2D eigenvalue weighted by Crippen LogP contribution is -2.33. The molecule has 1 aliphatic rings. The number of hydrogen-bond donors (Lipinski definition) is 1. The smallest absolute Gasteiger partial charge is 0.0502 e. The summed E-state index contributed by atoms with van der Waals surface area (Å²) in [6, 6.07) is 4.68. The zero-order chi connectivity index (χ0) is 13.3. The van der Waals surface area contributed by atoms with E-state index in [2.05, 4.69) is 41.2 Å². The number of halogens is 2. The topological polar surface area (TPSA) is 12.0 Å². The predicted molar refractivity (Wildman–Crippen MR) is 83.5 cm³/mol. The van der Waals surface area contributed by atoms with Crippen LogP contribution in [0.2, 0.25) is 5.02 Å². The van der Waals surface area contributed by atoms with E-state index < -0.39 is 0 Å². The average molecular weight is 331 g/mol. The molecule has 0 aromatic heterocycles. The van der Waals surface area contributed by atoms with Crippen LogP contribution in [0.1, 0.15) is 38.7 Å². The van der Waals surface area contributed by atoms with Crippen molar-refractivity contribution in [2.24, 2.45) is 11.8 Å². The molecule has 0 saturated heterocycles. The SMILES string of the molecule is Cc1cc(Br)c(NC2CCC(C)CC2C)cc1Cl. The van der Waals surface area contributed by atoms with Crippen molar-refractivity contribution in [2.75, 3.05) is 5.32 Å². The van der Waals surface area contributed by atoms with Gasteiger partial charge in [0.15, 0.2) is 0 Å². The van der Waals surface area contributed by atoms with Crippen LogP contribution in [0.3, 0.4) is 0 Å². The molecule has 1 fully saturated rings. The minimum absolute atomic E-state index is 0.566. The Labute approximate surface area is 123 Å². The summed E-state index contributed by atoms with van der Waals surface area (Å²) in [5.74, 6) is 1.59. The molecule has 3 heteroatoms. The van der Waals surface area contributed by atoms with Gasteiger partial charge in [-0.15, -0.1) is 0 Å². The van der Waals surface area contributed by atoms with E-state index in [0.29, 0.717) is 6.04 Å². The molecule has 2 rings (SSSR count). The molecule has 0 bridgehead atoms. The summed E-state index contributed by atoms with van der Waals surface area (Å²) in [5, 5.41) is 4.49. The first kappa shape index (κ1) is 14.2. The van der Waals surface area contributed by atoms with Gasteiger partial charge in [0.1, 0.15) is 0 Å². The monoisotopic (exact) mass is 329 g/mol. The summed E-state index contributed by atoms with van der Waals surface area (Å²) >= 11 is 9.82. The zero-order valence-electron chi connectivity index (χ0n) is 11.3. The number of anilines is 1. The number of nitrogens with one attached hydrogen (secondary N) is 1. The van der Waals surface area contributed by atoms with Crippen LogP contribution < -0.4 is 5.32 Å². The van der Waals surface area contributed by atoms with Crippen molar-refractivity contribution in [3.63, 3.8) is 0 Å². The van der Waals surface area contributed by atoms with Crippen LogP contribution in [0.5, 0.6) is 0 Å². The van der Waals surface area contributed by atoms with E-state index in [4.69, 9.17) is 11.6 Å². The second-order valence-corrected chi connectivity index (χ2v) is 6.99. The maximum Gasteiger partial charge on any atom is 0.0502 e. The van der Waals surface area contributed by atoms with E-state index in [9.17, 15) is 0 Å². The van der Waals surface area contributed by atoms with Crippen molar-refractivity contribution in [1.29, 1.82) is 0 Å². The number of hydrogen-bond acceptors (Lipinski definition) is 1. The van der Waals surface area contributed by atoms with Crippen LogP contribution in [0, 0.1) is 18.8 Å². The Morgan fingerprint density at radius 1 is 1.28 bits per heavy atom. The minimum atomic E-state index is 0.566. The molecule has 0 spiro atoms. The highest BCUT2D eigenvalue weighted by atomic mass is 79.9. The molecule has 3 unspecified atom stereocenters. The summed E-state index contributed by atoms with van der Waals surface area (Å²) in [7, 11) is 0. The molecule has 0 radical (unpaired) electrons. The van der Waals surface area contributed by atoms with Gasteiger partial charge in [0.25, 0.3) is 0 Å². The first-order valence-electron chi connectivity index (χ1n) is 6.69. The highest BCUT2D eigenvalue weighted by Gasteiger charge is 2.25. The molecule has 1 aromatic rings. The van der Waals surface area contributed by atoms with Crippen LogP contribution in [-0.2, 0) is 0 Å². The number of benzene rings is 1. The van der Waals surface area contributed by atoms with Crippen molar-refractivity contribution in [1.82, 2.24) is 0 Å². The third kappa shape index (κ3) is 3.21. The quantitative estimate of drug-likeness (QED) is 0.739. The average Bonchev–Trinajstić information content (AvgIpc) is 2.29. The summed E-state index contributed by atoms with van der Waals surface area (Å²) in [6.45, 7) is 6.73. The van der Waals surface area contributed by atoms with Gasteiger partial charge in [0.2, 0.25) is 0 Å². The van der Waals surface area contributed by atoms with Crippen molar-refractivity contribution in [3.05, 3.63) is 27.2 Å². The fourth-order valence-electron chi connectivity index (χ4n) is 2.84. The molecular formula is C15H21BrClN. The molecule has 1 saturated carbocycles. The van der Waals surface area contributed by atoms with E-state index >= 15 is 0 Å². The second kappa shape index (κ2) is 5.83. The molecule has 1 N–H and O–H groups in total. The van der Waals surface area contributed by atoms with Gasteiger partial charge in [-0.05, 0) is 71.6 Å². The molecular weight excluding hydrogens is 310 g/mol. The van der Waals surface area contributed by atoms with Crippen LogP contribution in [0.4, 0.5) is 5.69 Å². The molecule has 0 aliphatic heterocycles. The van der Waals surface area contributed by atoms with E-state index in [0.717, 1.165) is 32.6 Å². The fourth-order valence-corrected chi connectivity index (χ4v) is 3.57. The lowest BCUT2D eigenvalue weighted by atomic mass is 9.80. The first-order valence-corrected chi connectivity index (χ1v) is 7.86. The molecule has 18 heavy (non-hydrogen) atoms. The maximum atomic E-state index is 6.20. The van der Waals surface area contributed by atoms with Crippen LogP contribution in [0.25, 0.3) is 0 Å². The van der Waals surface area contributed by atoms with E-state index in [1.807, 2.05) is 13.0 Å². The third-order valence-corrected chi connectivity index (χ3v) is 5.08.